The van der Waals surface area contributed by atoms with Crippen LogP contribution < -0.4 is 16.7 Å². The van der Waals surface area contributed by atoms with E-state index in [-0.39, 0.29) is 34.7 Å². The summed E-state index contributed by atoms with van der Waals surface area (Å²) in [5.74, 6) is -2.26. The molecule has 1 fully saturated rings. The van der Waals surface area contributed by atoms with Crippen molar-refractivity contribution in [1.29, 1.82) is 0 Å². The van der Waals surface area contributed by atoms with Gasteiger partial charge in [0.15, 0.2) is 5.78 Å². The van der Waals surface area contributed by atoms with E-state index < -0.39 is 28.8 Å². The summed E-state index contributed by atoms with van der Waals surface area (Å²) < 4.78 is 30.0. The third kappa shape index (κ3) is 4.26. The van der Waals surface area contributed by atoms with E-state index in [9.17, 15) is 28.0 Å². The van der Waals surface area contributed by atoms with E-state index in [1.54, 1.807) is 0 Å². The van der Waals surface area contributed by atoms with Crippen molar-refractivity contribution in [2.24, 2.45) is 5.92 Å². The number of H-pyrrole nitrogens is 1. The summed E-state index contributed by atoms with van der Waals surface area (Å²) in [6.45, 7) is -0.140. The van der Waals surface area contributed by atoms with Crippen molar-refractivity contribution in [3.05, 3.63) is 104 Å². The molecule has 2 N–H and O–H groups in total. The lowest BCUT2D eigenvalue weighted by atomic mass is 9.96. The van der Waals surface area contributed by atoms with Crippen LogP contribution in [0, 0.1) is 17.6 Å². The Morgan fingerprint density at radius 1 is 1.03 bits per heavy atom. The molecule has 0 radical (unpaired) electrons. The van der Waals surface area contributed by atoms with Gasteiger partial charge < -0.3 is 0 Å². The minimum Gasteiger partial charge on any atom is -0.298 e. The minimum absolute atomic E-state index is 0.0139. The number of ketones is 1. The largest absolute Gasteiger partial charge is 0.329 e. The number of Topliss-reactive ketones (excluding diaryl/α,β-unsaturated/α-hetero) is 1. The van der Waals surface area contributed by atoms with Gasteiger partial charge in [-0.1, -0.05) is 25.0 Å². The quantitative estimate of drug-likeness (QED) is 0.570. The molecular formula is C26H22F2N4O4. The van der Waals surface area contributed by atoms with Gasteiger partial charge in [-0.2, -0.15) is 0 Å². The Labute approximate surface area is 203 Å². The molecule has 1 aromatic heterocycles. The van der Waals surface area contributed by atoms with Crippen molar-refractivity contribution >= 4 is 22.6 Å². The molecule has 2 aliphatic rings. The zero-order valence-corrected chi connectivity index (χ0v) is 19.1. The molecule has 1 aliphatic heterocycles. The Hall–Kier alpha value is -4.34. The van der Waals surface area contributed by atoms with Crippen LogP contribution in [-0.2, 0) is 11.3 Å². The predicted molar refractivity (Wildman–Crippen MR) is 128 cm³/mol. The lowest BCUT2D eigenvalue weighted by Crippen LogP contribution is -2.38. The summed E-state index contributed by atoms with van der Waals surface area (Å²) in [5, 5.41) is 0.790. The molecule has 5 rings (SSSR count). The molecule has 1 amide bonds. The Bertz CT molecular complexity index is 1560. The predicted octanol–water partition coefficient (Wildman–Crippen LogP) is 3.13. The third-order valence-corrected chi connectivity index (χ3v) is 6.57. The first kappa shape index (κ1) is 23.4. The molecule has 36 heavy (non-hydrogen) atoms. The van der Waals surface area contributed by atoms with Crippen molar-refractivity contribution in [2.45, 2.75) is 32.2 Å². The number of nitrogens with one attached hydrogen (secondary N) is 2. The van der Waals surface area contributed by atoms with Crippen molar-refractivity contribution in [3.8, 4) is 0 Å². The standard InChI is InChI=1S/C26H22F2N4O4/c27-19-9-8-15(14-31-21-7-3-6-20(28)22(21)24(34)30-26(31)36)12-18(19)25(35)32-11-10-17(13-29-32)23(33)16-4-1-2-5-16/h3,6-13,16,29H,1-2,4-5,14H2,(H,30,34,36). The maximum absolute atomic E-state index is 14.6. The molecular weight excluding hydrogens is 470 g/mol. The van der Waals surface area contributed by atoms with E-state index in [1.807, 2.05) is 0 Å². The van der Waals surface area contributed by atoms with Gasteiger partial charge >= 0.3 is 5.69 Å². The van der Waals surface area contributed by atoms with Crippen LogP contribution in [0.4, 0.5) is 8.78 Å². The van der Waals surface area contributed by atoms with Gasteiger partial charge in [-0.15, -0.1) is 0 Å². The topological polar surface area (TPSA) is 104 Å². The van der Waals surface area contributed by atoms with Crippen molar-refractivity contribution in [3.63, 3.8) is 0 Å². The maximum Gasteiger partial charge on any atom is 0.329 e. The van der Waals surface area contributed by atoms with Gasteiger partial charge in [-0.3, -0.25) is 29.4 Å². The smallest absolute Gasteiger partial charge is 0.298 e. The Balaban J connectivity index is 1.40. The van der Waals surface area contributed by atoms with Crippen LogP contribution in [0.15, 0.2) is 70.0 Å². The number of fused-ring (bicyclic) bond motifs is 1. The summed E-state index contributed by atoms with van der Waals surface area (Å²) in [6.07, 6.45) is 8.08. The van der Waals surface area contributed by atoms with Crippen LogP contribution in [0.3, 0.4) is 0 Å². The number of carbonyl (C=O) groups excluding carboxylic acids is 2. The molecule has 1 saturated carbocycles. The highest BCUT2D eigenvalue weighted by atomic mass is 19.1. The molecule has 2 heterocycles. The van der Waals surface area contributed by atoms with Crippen LogP contribution in [-0.4, -0.2) is 26.3 Å². The van der Waals surface area contributed by atoms with Crippen molar-refractivity contribution in [2.75, 3.05) is 0 Å². The summed E-state index contributed by atoms with van der Waals surface area (Å²) in [4.78, 5) is 52.2. The van der Waals surface area contributed by atoms with Gasteiger partial charge in [0.05, 0.1) is 23.0 Å². The number of aromatic amines is 1. The lowest BCUT2D eigenvalue weighted by Gasteiger charge is -2.23. The third-order valence-electron chi connectivity index (χ3n) is 6.57. The summed E-state index contributed by atoms with van der Waals surface area (Å²) >= 11 is 0. The Morgan fingerprint density at radius 2 is 1.81 bits per heavy atom. The second-order valence-electron chi connectivity index (χ2n) is 8.86. The van der Waals surface area contributed by atoms with Gasteiger partial charge in [0.1, 0.15) is 11.6 Å². The molecule has 1 aliphatic carbocycles. The first-order chi connectivity index (χ1) is 17.3. The number of amides is 1. The van der Waals surface area contributed by atoms with Crippen molar-refractivity contribution < 1.29 is 18.4 Å². The summed E-state index contributed by atoms with van der Waals surface area (Å²) in [7, 11) is 0. The molecule has 0 unspecified atom stereocenters. The van der Waals surface area contributed by atoms with E-state index in [4.69, 9.17) is 0 Å². The fourth-order valence-corrected chi connectivity index (χ4v) is 4.69. The molecule has 184 valence electrons. The Kier molecular flexibility index (Phi) is 6.09. The fraction of sp³-hybridized carbons (Fsp3) is 0.231. The second-order valence-corrected chi connectivity index (χ2v) is 8.86. The lowest BCUT2D eigenvalue weighted by molar-refractivity contribution is -0.118. The number of carbonyl (C=O) groups is 2. The highest BCUT2D eigenvalue weighted by Crippen LogP contribution is 2.28. The summed E-state index contributed by atoms with van der Waals surface area (Å²) in [6, 6.07) is 7.71. The van der Waals surface area contributed by atoms with Crippen LogP contribution in [0.1, 0.15) is 41.6 Å². The molecule has 10 heteroatoms. The SMILES string of the molecule is O=C(C1=CNN(C(=O)c2cc(Cn3c(=O)[nH]c(=O)c4c(F)cccc43)ccc2F)C=C1)C1CCCC1. The number of allylic oxidation sites excluding steroid dienone is 2. The van der Waals surface area contributed by atoms with Crippen LogP contribution in [0.5, 0.6) is 0 Å². The van der Waals surface area contributed by atoms with Gasteiger partial charge in [0.2, 0.25) is 0 Å². The summed E-state index contributed by atoms with van der Waals surface area (Å²) in [5.41, 5.74) is 1.76. The molecule has 0 bridgehead atoms. The average molecular weight is 492 g/mol. The number of hydrogen-bond donors (Lipinski definition) is 2. The molecule has 2 aromatic carbocycles. The highest BCUT2D eigenvalue weighted by molar-refractivity contribution is 6.01. The van der Waals surface area contributed by atoms with E-state index in [1.165, 1.54) is 42.7 Å². The van der Waals surface area contributed by atoms with Gasteiger partial charge in [0, 0.05) is 23.9 Å². The molecule has 0 spiro atoms. The van der Waals surface area contributed by atoms with Gasteiger partial charge in [-0.25, -0.2) is 18.6 Å². The number of hydrazine groups is 1. The van der Waals surface area contributed by atoms with E-state index in [0.29, 0.717) is 11.1 Å². The number of rotatable bonds is 5. The van der Waals surface area contributed by atoms with Crippen LogP contribution in [0.25, 0.3) is 10.9 Å². The maximum atomic E-state index is 14.6. The first-order valence-electron chi connectivity index (χ1n) is 11.6. The Morgan fingerprint density at radius 3 is 2.53 bits per heavy atom. The molecule has 0 saturated heterocycles. The second kappa shape index (κ2) is 9.37. The van der Waals surface area contributed by atoms with Crippen molar-refractivity contribution in [1.82, 2.24) is 20.0 Å². The normalized spacial score (nSPS) is 15.7. The van der Waals surface area contributed by atoms with Gasteiger partial charge in [0.25, 0.3) is 11.5 Å². The minimum atomic E-state index is -0.846. The number of benzene rings is 2. The number of halogens is 2. The highest BCUT2D eigenvalue weighted by Gasteiger charge is 2.27. The number of nitrogens with zero attached hydrogens (tertiary/aromatic N) is 2. The monoisotopic (exact) mass is 492 g/mol. The average Bonchev–Trinajstić information content (AvgIpc) is 3.41. The van der Waals surface area contributed by atoms with E-state index in [2.05, 4.69) is 10.4 Å². The van der Waals surface area contributed by atoms with Gasteiger partial charge in [-0.05, 0) is 48.7 Å². The van der Waals surface area contributed by atoms with Crippen LogP contribution in [0.2, 0.25) is 0 Å². The molecule has 8 nitrogen and oxygen atoms in total. The number of aromatic nitrogens is 2. The molecule has 3 aromatic rings. The number of hydrogen-bond acceptors (Lipinski definition) is 5. The van der Waals surface area contributed by atoms with E-state index >= 15 is 0 Å². The zero-order valence-electron chi connectivity index (χ0n) is 19.1. The first-order valence-corrected chi connectivity index (χ1v) is 11.6. The van der Waals surface area contributed by atoms with E-state index in [0.717, 1.165) is 47.4 Å². The molecule has 0 atom stereocenters. The zero-order chi connectivity index (χ0) is 25.4. The fourth-order valence-electron chi connectivity index (χ4n) is 4.69. The van der Waals surface area contributed by atoms with Crippen LogP contribution >= 0.6 is 0 Å².